The normalized spacial score (nSPS) is 20.6. The Morgan fingerprint density at radius 2 is 2.22 bits per heavy atom. The summed E-state index contributed by atoms with van der Waals surface area (Å²) >= 11 is 0. The van der Waals surface area contributed by atoms with Gasteiger partial charge in [-0.25, -0.2) is 0 Å². The first kappa shape index (κ1) is 15.5. The van der Waals surface area contributed by atoms with Gasteiger partial charge in [-0.2, -0.15) is 5.10 Å². The highest BCUT2D eigenvalue weighted by molar-refractivity contribution is 5.93. The van der Waals surface area contributed by atoms with Crippen molar-refractivity contribution in [3.8, 4) is 0 Å². The largest absolute Gasteiger partial charge is 0.324 e. The van der Waals surface area contributed by atoms with Gasteiger partial charge >= 0.3 is 0 Å². The summed E-state index contributed by atoms with van der Waals surface area (Å²) in [6, 6.07) is 3.12. The molecule has 0 bridgehead atoms. The van der Waals surface area contributed by atoms with Crippen LogP contribution >= 0.6 is 0 Å². The Hall–Kier alpha value is -2.41. The molecule has 0 aromatic carbocycles. The molecular formula is C16H21N5O2. The van der Waals surface area contributed by atoms with Crippen LogP contribution in [0.4, 0.5) is 5.69 Å². The molecule has 0 spiro atoms. The van der Waals surface area contributed by atoms with Crippen molar-refractivity contribution in [1.29, 1.82) is 0 Å². The average Bonchev–Trinajstić information content (AvgIpc) is 3.17. The van der Waals surface area contributed by atoms with E-state index in [-0.39, 0.29) is 23.3 Å². The molecule has 2 atom stereocenters. The van der Waals surface area contributed by atoms with Gasteiger partial charge in [-0.3, -0.25) is 14.3 Å². The number of carbonyl (C=O) groups is 1. The minimum absolute atomic E-state index is 0.0369. The van der Waals surface area contributed by atoms with Gasteiger partial charge in [0.25, 0.3) is 5.56 Å². The van der Waals surface area contributed by atoms with Crippen LogP contribution in [-0.2, 0) is 18.4 Å². The highest BCUT2D eigenvalue weighted by Gasteiger charge is 2.34. The summed E-state index contributed by atoms with van der Waals surface area (Å²) in [7, 11) is 1.87. The molecule has 7 heteroatoms. The smallest absolute Gasteiger partial charge is 0.250 e. The van der Waals surface area contributed by atoms with Crippen molar-refractivity contribution in [2.75, 3.05) is 18.4 Å². The molecule has 1 saturated heterocycles. The van der Waals surface area contributed by atoms with E-state index in [4.69, 9.17) is 0 Å². The molecule has 2 N–H and O–H groups in total. The molecule has 2 aromatic heterocycles. The molecule has 1 aliphatic heterocycles. The Morgan fingerprint density at radius 3 is 2.91 bits per heavy atom. The van der Waals surface area contributed by atoms with E-state index in [1.807, 2.05) is 26.4 Å². The number of anilines is 1. The third-order valence-electron chi connectivity index (χ3n) is 4.30. The first-order valence-corrected chi connectivity index (χ1v) is 7.79. The second-order valence-electron chi connectivity index (χ2n) is 5.85. The second-order valence-corrected chi connectivity index (χ2v) is 5.85. The zero-order chi connectivity index (χ0) is 16.4. The van der Waals surface area contributed by atoms with Crippen LogP contribution in [0.1, 0.15) is 18.4 Å². The van der Waals surface area contributed by atoms with Crippen LogP contribution < -0.4 is 16.2 Å². The Balaban J connectivity index is 1.76. The molecule has 0 aliphatic carbocycles. The molecule has 0 saturated carbocycles. The molecule has 3 rings (SSSR count). The van der Waals surface area contributed by atoms with E-state index >= 15 is 0 Å². The van der Waals surface area contributed by atoms with E-state index in [2.05, 4.69) is 15.7 Å². The fraction of sp³-hybridized carbons (Fsp3) is 0.438. The summed E-state index contributed by atoms with van der Waals surface area (Å²) in [4.78, 5) is 24.2. The molecule has 0 unspecified atom stereocenters. The zero-order valence-corrected chi connectivity index (χ0v) is 13.3. The minimum atomic E-state index is -0.152. The molecule has 1 aliphatic rings. The van der Waals surface area contributed by atoms with Crippen LogP contribution in [0.3, 0.4) is 0 Å². The molecule has 122 valence electrons. The Kier molecular flexibility index (Phi) is 4.29. The summed E-state index contributed by atoms with van der Waals surface area (Å²) in [5, 5.41) is 10.4. The molecule has 7 nitrogen and oxygen atoms in total. The fourth-order valence-electron chi connectivity index (χ4n) is 3.02. The summed E-state index contributed by atoms with van der Waals surface area (Å²) in [6.07, 6.45) is 5.45. The predicted molar refractivity (Wildman–Crippen MR) is 87.3 cm³/mol. The number of aromatic nitrogens is 3. The summed E-state index contributed by atoms with van der Waals surface area (Å²) in [5.41, 5.74) is 1.64. The van der Waals surface area contributed by atoms with Gasteiger partial charge in [-0.1, -0.05) is 0 Å². The Labute approximate surface area is 134 Å². The van der Waals surface area contributed by atoms with Crippen LogP contribution in [0, 0.1) is 5.92 Å². The van der Waals surface area contributed by atoms with E-state index in [0.29, 0.717) is 18.8 Å². The number of nitrogens with zero attached hydrogens (tertiary/aromatic N) is 3. The first-order valence-electron chi connectivity index (χ1n) is 7.79. The number of hydrogen-bond acceptors (Lipinski definition) is 4. The lowest BCUT2D eigenvalue weighted by molar-refractivity contribution is -0.119. The van der Waals surface area contributed by atoms with Gasteiger partial charge in [0.15, 0.2) is 0 Å². The van der Waals surface area contributed by atoms with Crippen molar-refractivity contribution < 1.29 is 4.79 Å². The molecule has 2 aromatic rings. The lowest BCUT2D eigenvalue weighted by Gasteiger charge is -2.17. The number of amides is 1. The molecule has 1 fully saturated rings. The van der Waals surface area contributed by atoms with Gasteiger partial charge < -0.3 is 15.2 Å². The van der Waals surface area contributed by atoms with Crippen LogP contribution in [0.5, 0.6) is 0 Å². The van der Waals surface area contributed by atoms with E-state index in [0.717, 1.165) is 12.1 Å². The lowest BCUT2D eigenvalue weighted by Crippen LogP contribution is -2.29. The quantitative estimate of drug-likeness (QED) is 0.863. The van der Waals surface area contributed by atoms with E-state index in [1.54, 1.807) is 21.5 Å². The molecule has 1 amide bonds. The predicted octanol–water partition coefficient (Wildman–Crippen LogP) is 0.543. The minimum Gasteiger partial charge on any atom is -0.324 e. The SMILES string of the molecule is CCn1cc(NC(=O)[C@H]2CNC[C@@H]2c2cnn(C)c2)ccc1=O. The summed E-state index contributed by atoms with van der Waals surface area (Å²) < 4.78 is 3.32. The molecular weight excluding hydrogens is 294 g/mol. The Morgan fingerprint density at radius 1 is 1.39 bits per heavy atom. The number of aryl methyl sites for hydroxylation is 2. The van der Waals surface area contributed by atoms with E-state index < -0.39 is 0 Å². The van der Waals surface area contributed by atoms with Crippen molar-refractivity contribution in [1.82, 2.24) is 19.7 Å². The van der Waals surface area contributed by atoms with E-state index in [9.17, 15) is 9.59 Å². The zero-order valence-electron chi connectivity index (χ0n) is 13.3. The summed E-state index contributed by atoms with van der Waals surface area (Å²) in [5.74, 6) is -0.0767. The molecule has 3 heterocycles. The van der Waals surface area contributed by atoms with Gasteiger partial charge in [0.1, 0.15) is 0 Å². The number of hydrogen-bond donors (Lipinski definition) is 2. The van der Waals surface area contributed by atoms with Gasteiger partial charge in [-0.05, 0) is 18.6 Å². The van der Waals surface area contributed by atoms with Gasteiger partial charge in [0.05, 0.1) is 17.8 Å². The van der Waals surface area contributed by atoms with E-state index in [1.165, 1.54) is 6.07 Å². The first-order chi connectivity index (χ1) is 11.1. The highest BCUT2D eigenvalue weighted by Crippen LogP contribution is 2.28. The van der Waals surface area contributed by atoms with Crippen molar-refractivity contribution in [2.45, 2.75) is 19.4 Å². The standard InChI is InChI=1S/C16H21N5O2/c1-3-21-10-12(4-5-15(21)22)19-16(23)14-8-17-7-13(14)11-6-18-20(2)9-11/h4-6,9-10,13-14,17H,3,7-8H2,1-2H3,(H,19,23)/t13-,14+/m1/s1. The maximum Gasteiger partial charge on any atom is 0.250 e. The highest BCUT2D eigenvalue weighted by atomic mass is 16.2. The molecule has 23 heavy (non-hydrogen) atoms. The maximum absolute atomic E-state index is 12.6. The van der Waals surface area contributed by atoms with Crippen molar-refractivity contribution in [2.24, 2.45) is 13.0 Å². The van der Waals surface area contributed by atoms with Crippen LogP contribution in [-0.4, -0.2) is 33.3 Å². The number of carbonyl (C=O) groups excluding carboxylic acids is 1. The monoisotopic (exact) mass is 315 g/mol. The summed E-state index contributed by atoms with van der Waals surface area (Å²) in [6.45, 7) is 3.87. The average molecular weight is 315 g/mol. The molecule has 0 radical (unpaired) electrons. The lowest BCUT2D eigenvalue weighted by atomic mass is 9.90. The maximum atomic E-state index is 12.6. The third-order valence-corrected chi connectivity index (χ3v) is 4.30. The van der Waals surface area contributed by atoms with Crippen molar-refractivity contribution in [3.05, 3.63) is 46.6 Å². The van der Waals surface area contributed by atoms with Gasteiger partial charge in [0, 0.05) is 51.1 Å². The Bertz CT molecular complexity index is 764. The van der Waals surface area contributed by atoms with Crippen molar-refractivity contribution >= 4 is 11.6 Å². The van der Waals surface area contributed by atoms with Gasteiger partial charge in [0.2, 0.25) is 5.91 Å². The van der Waals surface area contributed by atoms with Crippen molar-refractivity contribution in [3.63, 3.8) is 0 Å². The third kappa shape index (κ3) is 3.19. The number of pyridine rings is 1. The number of rotatable bonds is 4. The second kappa shape index (κ2) is 6.37. The topological polar surface area (TPSA) is 81.0 Å². The van der Waals surface area contributed by atoms with Crippen LogP contribution in [0.2, 0.25) is 0 Å². The fourth-order valence-corrected chi connectivity index (χ4v) is 3.02. The van der Waals surface area contributed by atoms with Crippen LogP contribution in [0.15, 0.2) is 35.5 Å². The number of nitrogens with one attached hydrogen (secondary N) is 2. The van der Waals surface area contributed by atoms with Gasteiger partial charge in [-0.15, -0.1) is 0 Å². The van der Waals surface area contributed by atoms with Crippen LogP contribution in [0.25, 0.3) is 0 Å².